The number of carbonyl (C=O) groups is 1. The van der Waals surface area contributed by atoms with Crippen molar-refractivity contribution in [1.82, 2.24) is 15.0 Å². The highest BCUT2D eigenvalue weighted by Gasteiger charge is 2.02. The van der Waals surface area contributed by atoms with Crippen LogP contribution in [-0.4, -0.2) is 20.7 Å². The van der Waals surface area contributed by atoms with Crippen LogP contribution in [0.25, 0.3) is 11.2 Å². The summed E-state index contributed by atoms with van der Waals surface area (Å²) in [6.07, 6.45) is 3.15. The first-order valence-corrected chi connectivity index (χ1v) is 3.86. The Kier molecular flexibility index (Phi) is 1.73. The van der Waals surface area contributed by atoms with E-state index in [0.29, 0.717) is 16.9 Å². The number of ketones is 1. The molecule has 0 atom stereocenters. The SMILES string of the molecule is CC(=O)c1ccc2nccnc2n1. The highest BCUT2D eigenvalue weighted by molar-refractivity contribution is 5.93. The normalized spacial score (nSPS) is 10.2. The van der Waals surface area contributed by atoms with Crippen molar-refractivity contribution < 1.29 is 4.79 Å². The predicted molar refractivity (Wildman–Crippen MR) is 47.3 cm³/mol. The van der Waals surface area contributed by atoms with Gasteiger partial charge >= 0.3 is 0 Å². The summed E-state index contributed by atoms with van der Waals surface area (Å²) < 4.78 is 0. The van der Waals surface area contributed by atoms with Crippen LogP contribution >= 0.6 is 0 Å². The monoisotopic (exact) mass is 173 g/mol. The Bertz CT molecular complexity index is 467. The maximum Gasteiger partial charge on any atom is 0.178 e. The summed E-state index contributed by atoms with van der Waals surface area (Å²) in [6.45, 7) is 1.48. The van der Waals surface area contributed by atoms with Crippen LogP contribution in [0.3, 0.4) is 0 Å². The molecule has 0 radical (unpaired) electrons. The van der Waals surface area contributed by atoms with E-state index in [2.05, 4.69) is 15.0 Å². The Morgan fingerprint density at radius 1 is 1.23 bits per heavy atom. The first kappa shape index (κ1) is 7.79. The van der Waals surface area contributed by atoms with Crippen molar-refractivity contribution in [3.05, 3.63) is 30.2 Å². The Morgan fingerprint density at radius 3 is 2.77 bits per heavy atom. The first-order chi connectivity index (χ1) is 6.27. The van der Waals surface area contributed by atoms with E-state index in [1.54, 1.807) is 24.5 Å². The Balaban J connectivity index is 2.69. The second kappa shape index (κ2) is 2.90. The number of fused-ring (bicyclic) bond motifs is 1. The minimum Gasteiger partial charge on any atom is -0.293 e. The fraction of sp³-hybridized carbons (Fsp3) is 0.111. The summed E-state index contributed by atoms with van der Waals surface area (Å²) in [4.78, 5) is 23.1. The van der Waals surface area contributed by atoms with E-state index in [9.17, 15) is 4.79 Å². The maximum atomic E-state index is 11.0. The van der Waals surface area contributed by atoms with Crippen LogP contribution in [0.4, 0.5) is 0 Å². The second-order valence-electron chi connectivity index (χ2n) is 2.65. The zero-order chi connectivity index (χ0) is 9.26. The molecule has 13 heavy (non-hydrogen) atoms. The van der Waals surface area contributed by atoms with Crippen molar-refractivity contribution in [1.29, 1.82) is 0 Å². The van der Waals surface area contributed by atoms with Gasteiger partial charge in [-0.05, 0) is 12.1 Å². The van der Waals surface area contributed by atoms with Gasteiger partial charge in [0.05, 0.1) is 0 Å². The third kappa shape index (κ3) is 1.38. The van der Waals surface area contributed by atoms with E-state index in [1.807, 2.05) is 0 Å². The molecule has 2 heterocycles. The van der Waals surface area contributed by atoms with E-state index in [4.69, 9.17) is 0 Å². The lowest BCUT2D eigenvalue weighted by Gasteiger charge is -1.96. The summed E-state index contributed by atoms with van der Waals surface area (Å²) in [5.74, 6) is -0.0625. The summed E-state index contributed by atoms with van der Waals surface area (Å²) in [5.41, 5.74) is 1.63. The number of carbonyl (C=O) groups excluding carboxylic acids is 1. The van der Waals surface area contributed by atoms with Crippen molar-refractivity contribution in [2.75, 3.05) is 0 Å². The summed E-state index contributed by atoms with van der Waals surface area (Å²) >= 11 is 0. The highest BCUT2D eigenvalue weighted by atomic mass is 16.1. The Morgan fingerprint density at radius 2 is 2.00 bits per heavy atom. The average molecular weight is 173 g/mol. The molecule has 0 saturated carbocycles. The van der Waals surface area contributed by atoms with Gasteiger partial charge in [0.25, 0.3) is 0 Å². The predicted octanol–water partition coefficient (Wildman–Crippen LogP) is 1.23. The van der Waals surface area contributed by atoms with Gasteiger partial charge in [0, 0.05) is 19.3 Å². The van der Waals surface area contributed by atoms with Crippen LogP contribution in [0.2, 0.25) is 0 Å². The van der Waals surface area contributed by atoms with Gasteiger partial charge in [-0.25, -0.2) is 9.97 Å². The zero-order valence-electron chi connectivity index (χ0n) is 7.06. The quantitative estimate of drug-likeness (QED) is 0.608. The Hall–Kier alpha value is -1.84. The number of hydrogen-bond donors (Lipinski definition) is 0. The number of hydrogen-bond acceptors (Lipinski definition) is 4. The van der Waals surface area contributed by atoms with Crippen molar-refractivity contribution in [3.63, 3.8) is 0 Å². The zero-order valence-corrected chi connectivity index (χ0v) is 7.06. The van der Waals surface area contributed by atoms with Gasteiger partial charge in [-0.15, -0.1) is 0 Å². The molecular formula is C9H7N3O. The molecule has 2 aromatic heterocycles. The Labute approximate surface area is 74.7 Å². The van der Waals surface area contributed by atoms with Crippen LogP contribution in [0.15, 0.2) is 24.5 Å². The fourth-order valence-electron chi connectivity index (χ4n) is 1.05. The third-order valence-corrected chi connectivity index (χ3v) is 1.69. The lowest BCUT2D eigenvalue weighted by Crippen LogP contribution is -1.97. The second-order valence-corrected chi connectivity index (χ2v) is 2.65. The van der Waals surface area contributed by atoms with E-state index in [1.165, 1.54) is 6.92 Å². The van der Waals surface area contributed by atoms with Gasteiger partial charge < -0.3 is 0 Å². The van der Waals surface area contributed by atoms with Gasteiger partial charge in [-0.3, -0.25) is 9.78 Å². The van der Waals surface area contributed by atoms with E-state index < -0.39 is 0 Å². The van der Waals surface area contributed by atoms with Crippen LogP contribution in [0.1, 0.15) is 17.4 Å². The maximum absolute atomic E-state index is 11.0. The van der Waals surface area contributed by atoms with E-state index >= 15 is 0 Å². The molecular weight excluding hydrogens is 166 g/mol. The van der Waals surface area contributed by atoms with E-state index in [-0.39, 0.29) is 5.78 Å². The van der Waals surface area contributed by atoms with Crippen LogP contribution < -0.4 is 0 Å². The number of nitrogens with zero attached hydrogens (tertiary/aromatic N) is 3. The fourth-order valence-corrected chi connectivity index (χ4v) is 1.05. The van der Waals surface area contributed by atoms with Crippen LogP contribution in [0, 0.1) is 0 Å². The standard InChI is InChI=1S/C9H7N3O/c1-6(13)7-2-3-8-9(12-7)11-5-4-10-8/h2-5H,1H3. The largest absolute Gasteiger partial charge is 0.293 e. The summed E-state index contributed by atoms with van der Waals surface area (Å²) in [6, 6.07) is 3.39. The molecule has 0 aromatic carbocycles. The summed E-state index contributed by atoms with van der Waals surface area (Å²) in [7, 11) is 0. The molecule has 0 aliphatic heterocycles. The van der Waals surface area contributed by atoms with Gasteiger partial charge in [-0.2, -0.15) is 0 Å². The molecule has 0 aliphatic rings. The van der Waals surface area contributed by atoms with Crippen molar-refractivity contribution in [2.24, 2.45) is 0 Å². The van der Waals surface area contributed by atoms with Gasteiger partial charge in [0.1, 0.15) is 11.2 Å². The molecule has 0 bridgehead atoms. The minimum atomic E-state index is -0.0625. The first-order valence-electron chi connectivity index (χ1n) is 3.86. The summed E-state index contributed by atoms with van der Waals surface area (Å²) in [5, 5.41) is 0. The van der Waals surface area contributed by atoms with Crippen molar-refractivity contribution in [3.8, 4) is 0 Å². The number of Topliss-reactive ketones (excluding diaryl/α,β-unsaturated/α-hetero) is 1. The molecule has 64 valence electrons. The smallest absolute Gasteiger partial charge is 0.178 e. The molecule has 4 nitrogen and oxygen atoms in total. The van der Waals surface area contributed by atoms with Gasteiger partial charge in [0.2, 0.25) is 0 Å². The van der Waals surface area contributed by atoms with Crippen LogP contribution in [0.5, 0.6) is 0 Å². The molecule has 2 rings (SSSR count). The van der Waals surface area contributed by atoms with Gasteiger partial charge in [0.15, 0.2) is 11.4 Å². The molecule has 4 heteroatoms. The number of rotatable bonds is 1. The molecule has 0 N–H and O–H groups in total. The van der Waals surface area contributed by atoms with Crippen LogP contribution in [-0.2, 0) is 0 Å². The molecule has 2 aromatic rings. The molecule has 0 spiro atoms. The molecule has 0 amide bonds. The highest BCUT2D eigenvalue weighted by Crippen LogP contribution is 2.06. The van der Waals surface area contributed by atoms with E-state index in [0.717, 1.165) is 0 Å². The molecule has 0 aliphatic carbocycles. The number of aromatic nitrogens is 3. The minimum absolute atomic E-state index is 0.0625. The topological polar surface area (TPSA) is 55.7 Å². The molecule has 0 unspecified atom stereocenters. The van der Waals surface area contributed by atoms with Crippen molar-refractivity contribution >= 4 is 16.9 Å². The average Bonchev–Trinajstić information content (AvgIpc) is 2.17. The molecule has 0 fully saturated rings. The molecule has 0 saturated heterocycles. The third-order valence-electron chi connectivity index (χ3n) is 1.69. The number of pyridine rings is 1. The lowest BCUT2D eigenvalue weighted by molar-refractivity contribution is 0.101. The van der Waals surface area contributed by atoms with Gasteiger partial charge in [-0.1, -0.05) is 0 Å². The lowest BCUT2D eigenvalue weighted by atomic mass is 10.2. The van der Waals surface area contributed by atoms with Crippen molar-refractivity contribution in [2.45, 2.75) is 6.92 Å².